The molecule has 2 N–H and O–H groups in total. The minimum atomic E-state index is -4.53. The summed E-state index contributed by atoms with van der Waals surface area (Å²) in [4.78, 5) is 13.2. The number of anilines is 1. The van der Waals surface area contributed by atoms with Gasteiger partial charge in [0.2, 0.25) is 5.91 Å². The molecule has 1 aromatic heterocycles. The Labute approximate surface area is 166 Å². The van der Waals surface area contributed by atoms with Crippen LogP contribution in [0.5, 0.6) is 5.75 Å². The van der Waals surface area contributed by atoms with Crippen molar-refractivity contribution in [1.29, 1.82) is 0 Å². The summed E-state index contributed by atoms with van der Waals surface area (Å²) >= 11 is 0. The fraction of sp³-hybridized carbons (Fsp3) is 0.450. The van der Waals surface area contributed by atoms with Crippen molar-refractivity contribution >= 4 is 11.7 Å². The molecule has 1 aromatic carbocycles. The van der Waals surface area contributed by atoms with Gasteiger partial charge < -0.3 is 15.3 Å². The van der Waals surface area contributed by atoms with Gasteiger partial charge in [0, 0.05) is 32.1 Å². The zero-order chi connectivity index (χ0) is 21.2. The SMILES string of the molecule is CC(=O)NC[C@H]1CCCN(c2ccc(-c3c(C)cc(C(F)(F)F)cc3O)nn2)C1. The van der Waals surface area contributed by atoms with Gasteiger partial charge in [0.15, 0.2) is 5.82 Å². The monoisotopic (exact) mass is 408 g/mol. The van der Waals surface area contributed by atoms with Crippen molar-refractivity contribution in [2.24, 2.45) is 5.92 Å². The molecule has 1 saturated heterocycles. The van der Waals surface area contributed by atoms with E-state index in [2.05, 4.69) is 20.4 Å². The van der Waals surface area contributed by atoms with Crippen LogP contribution >= 0.6 is 0 Å². The molecule has 1 fully saturated rings. The van der Waals surface area contributed by atoms with E-state index in [0.29, 0.717) is 30.0 Å². The van der Waals surface area contributed by atoms with Gasteiger partial charge in [0.25, 0.3) is 0 Å². The Morgan fingerprint density at radius 2 is 2.07 bits per heavy atom. The number of phenols is 1. The highest BCUT2D eigenvalue weighted by Crippen LogP contribution is 2.38. The molecule has 1 atom stereocenters. The van der Waals surface area contributed by atoms with Crippen molar-refractivity contribution in [1.82, 2.24) is 15.5 Å². The first-order valence-corrected chi connectivity index (χ1v) is 9.39. The van der Waals surface area contributed by atoms with Crippen molar-refractivity contribution < 1.29 is 23.1 Å². The van der Waals surface area contributed by atoms with Gasteiger partial charge in [0.1, 0.15) is 5.75 Å². The molecule has 0 unspecified atom stereocenters. The molecule has 156 valence electrons. The Bertz CT molecular complexity index is 861. The third-order valence-electron chi connectivity index (χ3n) is 5.03. The lowest BCUT2D eigenvalue weighted by molar-refractivity contribution is -0.137. The second-order valence-electron chi connectivity index (χ2n) is 7.35. The fourth-order valence-corrected chi connectivity index (χ4v) is 3.62. The molecule has 1 amide bonds. The minimum Gasteiger partial charge on any atom is -0.507 e. The van der Waals surface area contributed by atoms with Gasteiger partial charge in [-0.2, -0.15) is 13.2 Å². The molecule has 0 aliphatic carbocycles. The smallest absolute Gasteiger partial charge is 0.416 e. The van der Waals surface area contributed by atoms with E-state index in [1.54, 1.807) is 12.1 Å². The molecule has 2 aromatic rings. The van der Waals surface area contributed by atoms with Gasteiger partial charge in [0.05, 0.1) is 11.3 Å². The van der Waals surface area contributed by atoms with Gasteiger partial charge in [-0.25, -0.2) is 0 Å². The lowest BCUT2D eigenvalue weighted by atomic mass is 9.98. The molecule has 9 heteroatoms. The average Bonchev–Trinajstić information content (AvgIpc) is 2.66. The van der Waals surface area contributed by atoms with E-state index in [-0.39, 0.29) is 17.0 Å². The van der Waals surface area contributed by atoms with Crippen molar-refractivity contribution in [3.8, 4) is 17.0 Å². The lowest BCUT2D eigenvalue weighted by Crippen LogP contribution is -2.41. The number of halogens is 3. The second kappa shape index (κ2) is 8.26. The fourth-order valence-electron chi connectivity index (χ4n) is 3.62. The van der Waals surface area contributed by atoms with Crippen molar-refractivity contribution in [2.75, 3.05) is 24.5 Å². The number of aromatic nitrogens is 2. The molecule has 1 aliphatic rings. The topological polar surface area (TPSA) is 78.4 Å². The number of phenolic OH excluding ortho intramolecular Hbond substituents is 1. The molecule has 29 heavy (non-hydrogen) atoms. The van der Waals surface area contributed by atoms with Gasteiger partial charge >= 0.3 is 6.18 Å². The van der Waals surface area contributed by atoms with Crippen molar-refractivity contribution in [2.45, 2.75) is 32.9 Å². The number of alkyl halides is 3. The number of piperidine rings is 1. The van der Waals surface area contributed by atoms with E-state index in [4.69, 9.17) is 0 Å². The van der Waals surface area contributed by atoms with Gasteiger partial charge in [-0.3, -0.25) is 4.79 Å². The summed E-state index contributed by atoms with van der Waals surface area (Å²) < 4.78 is 38.7. The summed E-state index contributed by atoms with van der Waals surface area (Å²) in [5, 5.41) is 21.3. The highest BCUT2D eigenvalue weighted by molar-refractivity contribution is 5.73. The lowest BCUT2D eigenvalue weighted by Gasteiger charge is -2.33. The van der Waals surface area contributed by atoms with E-state index in [1.807, 2.05) is 0 Å². The third-order valence-corrected chi connectivity index (χ3v) is 5.03. The standard InChI is InChI=1S/C20H23F3N4O2/c1-12-8-15(20(21,22)23)9-17(29)19(12)16-5-6-18(26-25-16)27-7-3-4-14(11-27)10-24-13(2)28/h5-6,8-9,14,29H,3-4,7,10-11H2,1-2H3,(H,24,28)/t14-/m1/s1. The van der Waals surface area contributed by atoms with Crippen molar-refractivity contribution in [3.63, 3.8) is 0 Å². The average molecular weight is 408 g/mol. The first-order valence-electron chi connectivity index (χ1n) is 9.39. The van der Waals surface area contributed by atoms with Crippen LogP contribution in [0.2, 0.25) is 0 Å². The predicted octanol–water partition coefficient (Wildman–Crippen LogP) is 3.53. The van der Waals surface area contributed by atoms with E-state index in [9.17, 15) is 23.1 Å². The Morgan fingerprint density at radius 1 is 1.31 bits per heavy atom. The highest BCUT2D eigenvalue weighted by atomic mass is 19.4. The summed E-state index contributed by atoms with van der Waals surface area (Å²) in [6, 6.07) is 5.09. The third kappa shape index (κ3) is 4.96. The van der Waals surface area contributed by atoms with E-state index < -0.39 is 17.5 Å². The zero-order valence-electron chi connectivity index (χ0n) is 16.3. The number of nitrogens with one attached hydrogen (secondary N) is 1. The van der Waals surface area contributed by atoms with Crippen LogP contribution < -0.4 is 10.2 Å². The quantitative estimate of drug-likeness (QED) is 0.809. The van der Waals surface area contributed by atoms with Crippen LogP contribution in [0.3, 0.4) is 0 Å². The number of hydrogen-bond donors (Lipinski definition) is 2. The molecule has 6 nitrogen and oxygen atoms in total. The van der Waals surface area contributed by atoms with Crippen LogP contribution in [0.1, 0.15) is 30.9 Å². The van der Waals surface area contributed by atoms with Crippen molar-refractivity contribution in [3.05, 3.63) is 35.4 Å². The number of nitrogens with zero attached hydrogens (tertiary/aromatic N) is 3. The van der Waals surface area contributed by atoms with Gasteiger partial charge in [-0.1, -0.05) is 0 Å². The Balaban J connectivity index is 1.78. The molecule has 0 bridgehead atoms. The number of carbonyl (C=O) groups is 1. The Kier molecular flexibility index (Phi) is 5.95. The number of rotatable bonds is 4. The number of carbonyl (C=O) groups excluding carboxylic acids is 1. The predicted molar refractivity (Wildman–Crippen MR) is 102 cm³/mol. The summed E-state index contributed by atoms with van der Waals surface area (Å²) in [5.74, 6) is 0.436. The molecule has 1 aliphatic heterocycles. The maximum atomic E-state index is 12.9. The Hall–Kier alpha value is -2.84. The van der Waals surface area contributed by atoms with Crippen LogP contribution in [0.15, 0.2) is 24.3 Å². The van der Waals surface area contributed by atoms with Gasteiger partial charge in [-0.05, 0) is 55.5 Å². The maximum Gasteiger partial charge on any atom is 0.416 e. The van der Waals surface area contributed by atoms with Crippen LogP contribution in [-0.2, 0) is 11.0 Å². The normalized spacial score (nSPS) is 17.3. The number of aromatic hydroxyl groups is 1. The Morgan fingerprint density at radius 3 is 2.66 bits per heavy atom. The number of aryl methyl sites for hydroxylation is 1. The maximum absolute atomic E-state index is 12.9. The summed E-state index contributed by atoms with van der Waals surface area (Å²) in [5.41, 5.74) is -0.0874. The number of benzene rings is 1. The summed E-state index contributed by atoms with van der Waals surface area (Å²) in [6.45, 7) is 5.14. The van der Waals surface area contributed by atoms with E-state index in [1.165, 1.54) is 13.8 Å². The first-order chi connectivity index (χ1) is 13.6. The van der Waals surface area contributed by atoms with Crippen LogP contribution in [-0.4, -0.2) is 40.8 Å². The van der Waals surface area contributed by atoms with Crippen LogP contribution in [0, 0.1) is 12.8 Å². The molecule has 3 rings (SSSR count). The largest absolute Gasteiger partial charge is 0.507 e. The second-order valence-corrected chi connectivity index (χ2v) is 7.35. The van der Waals surface area contributed by atoms with Crippen LogP contribution in [0.25, 0.3) is 11.3 Å². The molecule has 0 radical (unpaired) electrons. The minimum absolute atomic E-state index is 0.0574. The van der Waals surface area contributed by atoms with Gasteiger partial charge in [-0.15, -0.1) is 10.2 Å². The zero-order valence-corrected chi connectivity index (χ0v) is 16.3. The van der Waals surface area contributed by atoms with Crippen LogP contribution in [0.4, 0.5) is 19.0 Å². The molecule has 2 heterocycles. The number of hydrogen-bond acceptors (Lipinski definition) is 5. The van der Waals surface area contributed by atoms with E-state index in [0.717, 1.165) is 32.0 Å². The van der Waals surface area contributed by atoms with E-state index >= 15 is 0 Å². The first kappa shape index (κ1) is 20.9. The molecule has 0 spiro atoms. The number of amides is 1. The summed E-state index contributed by atoms with van der Waals surface area (Å²) in [7, 11) is 0. The molecule has 0 saturated carbocycles. The summed E-state index contributed by atoms with van der Waals surface area (Å²) in [6.07, 6.45) is -2.55. The molecular formula is C20H23F3N4O2. The molecular weight excluding hydrogens is 385 g/mol. The highest BCUT2D eigenvalue weighted by Gasteiger charge is 2.32.